The van der Waals surface area contributed by atoms with Crippen LogP contribution in [-0.2, 0) is 4.79 Å². The molecule has 1 amide bonds. The molecule has 2 aromatic carbocycles. The van der Waals surface area contributed by atoms with Gasteiger partial charge in [0.05, 0.1) is 24.0 Å². The number of rotatable bonds is 6. The van der Waals surface area contributed by atoms with E-state index in [1.807, 2.05) is 0 Å². The number of anilines is 1. The number of benzene rings is 2. The first kappa shape index (κ1) is 18.2. The second-order valence-corrected chi connectivity index (χ2v) is 6.91. The molecular weight excluding hydrogens is 364 g/mol. The summed E-state index contributed by atoms with van der Waals surface area (Å²) in [5, 5.41) is 10.2. The first-order valence-corrected chi connectivity index (χ1v) is 9.02. The molecule has 0 aliphatic heterocycles. The van der Waals surface area contributed by atoms with Crippen molar-refractivity contribution < 1.29 is 18.3 Å². The Labute approximate surface area is 160 Å². The molecule has 1 saturated carbocycles. The van der Waals surface area contributed by atoms with Crippen molar-refractivity contribution >= 4 is 34.6 Å². The third-order valence-electron chi connectivity index (χ3n) is 4.73. The average molecular weight is 383 g/mol. The number of methoxy groups -OCH3 is 1. The van der Waals surface area contributed by atoms with Gasteiger partial charge in [-0.3, -0.25) is 9.89 Å². The third-order valence-corrected chi connectivity index (χ3v) is 4.73. The average Bonchev–Trinajstić information content (AvgIpc) is 3.39. The van der Waals surface area contributed by atoms with E-state index in [-0.39, 0.29) is 17.3 Å². The Morgan fingerprint density at radius 2 is 2.07 bits per heavy atom. The third kappa shape index (κ3) is 3.88. The highest BCUT2D eigenvalue weighted by Crippen LogP contribution is 2.33. The zero-order valence-corrected chi connectivity index (χ0v) is 15.3. The highest BCUT2D eigenvalue weighted by molar-refractivity contribution is 5.96. The lowest BCUT2D eigenvalue weighted by Gasteiger charge is -2.06. The van der Waals surface area contributed by atoms with E-state index in [0.29, 0.717) is 34.5 Å². The topological polar surface area (TPSA) is 67.0 Å². The molecule has 7 heteroatoms. The summed E-state index contributed by atoms with van der Waals surface area (Å²) >= 11 is 0. The van der Waals surface area contributed by atoms with Crippen molar-refractivity contribution in [1.29, 1.82) is 0 Å². The van der Waals surface area contributed by atoms with E-state index in [1.54, 1.807) is 30.4 Å². The molecule has 3 aromatic rings. The SMILES string of the molecule is COc1ccc(/C=C/c2n[nH]c3cc(F)c(NC(=O)CC4CC4)cc23)cc1F. The molecule has 1 aliphatic rings. The molecule has 5 nitrogen and oxygen atoms in total. The molecule has 4 rings (SSSR count). The van der Waals surface area contributed by atoms with Gasteiger partial charge in [0, 0.05) is 17.9 Å². The van der Waals surface area contributed by atoms with Crippen LogP contribution in [0.4, 0.5) is 14.5 Å². The maximum absolute atomic E-state index is 14.3. The number of ether oxygens (including phenoxy) is 1. The van der Waals surface area contributed by atoms with Gasteiger partial charge in [-0.25, -0.2) is 8.78 Å². The molecule has 1 fully saturated rings. The summed E-state index contributed by atoms with van der Waals surface area (Å²) in [6.45, 7) is 0. The number of hydrogen-bond donors (Lipinski definition) is 2. The molecular formula is C21H19F2N3O2. The standard InChI is InChI=1S/C21H19F2N3O2/c1-28-20-7-5-12(8-16(20)23)4-6-17-14-10-19(15(22)11-18(14)26-25-17)24-21(27)9-13-2-3-13/h4-8,10-11,13H,2-3,9H2,1H3,(H,24,27)(H,25,26)/b6-4+. The van der Waals surface area contributed by atoms with Crippen LogP contribution in [-0.4, -0.2) is 23.2 Å². The van der Waals surface area contributed by atoms with Gasteiger partial charge in [0.1, 0.15) is 5.82 Å². The smallest absolute Gasteiger partial charge is 0.224 e. The first-order valence-electron chi connectivity index (χ1n) is 9.02. The number of carbonyl (C=O) groups is 1. The number of fused-ring (bicyclic) bond motifs is 1. The summed E-state index contributed by atoms with van der Waals surface area (Å²) in [5.74, 6) is -0.573. The van der Waals surface area contributed by atoms with Gasteiger partial charge in [-0.15, -0.1) is 0 Å². The Bertz CT molecular complexity index is 1070. The lowest BCUT2D eigenvalue weighted by Crippen LogP contribution is -2.13. The summed E-state index contributed by atoms with van der Waals surface area (Å²) < 4.78 is 33.0. The van der Waals surface area contributed by atoms with Crippen molar-refractivity contribution in [2.75, 3.05) is 12.4 Å². The van der Waals surface area contributed by atoms with Gasteiger partial charge in [0.15, 0.2) is 11.6 Å². The van der Waals surface area contributed by atoms with Crippen LogP contribution in [0.15, 0.2) is 30.3 Å². The van der Waals surface area contributed by atoms with E-state index >= 15 is 0 Å². The summed E-state index contributed by atoms with van der Waals surface area (Å²) in [6.07, 6.45) is 5.93. The molecule has 0 unspecified atom stereocenters. The molecule has 28 heavy (non-hydrogen) atoms. The van der Waals surface area contributed by atoms with E-state index in [2.05, 4.69) is 15.5 Å². The Morgan fingerprint density at radius 1 is 1.25 bits per heavy atom. The van der Waals surface area contributed by atoms with Gasteiger partial charge in [0.25, 0.3) is 0 Å². The van der Waals surface area contributed by atoms with Crippen molar-refractivity contribution in [3.63, 3.8) is 0 Å². The van der Waals surface area contributed by atoms with Crippen LogP contribution >= 0.6 is 0 Å². The molecule has 0 atom stereocenters. The van der Waals surface area contributed by atoms with E-state index in [1.165, 1.54) is 19.2 Å². The van der Waals surface area contributed by atoms with Crippen molar-refractivity contribution in [2.24, 2.45) is 5.92 Å². The Morgan fingerprint density at radius 3 is 2.79 bits per heavy atom. The molecule has 0 saturated heterocycles. The van der Waals surface area contributed by atoms with Crippen molar-refractivity contribution in [2.45, 2.75) is 19.3 Å². The quantitative estimate of drug-likeness (QED) is 0.645. The number of nitrogens with one attached hydrogen (secondary N) is 2. The largest absolute Gasteiger partial charge is 0.494 e. The van der Waals surface area contributed by atoms with Crippen molar-refractivity contribution in [3.05, 3.63) is 53.2 Å². The summed E-state index contributed by atoms with van der Waals surface area (Å²) in [7, 11) is 1.41. The van der Waals surface area contributed by atoms with Gasteiger partial charge < -0.3 is 10.1 Å². The normalized spacial score (nSPS) is 14.0. The maximum Gasteiger partial charge on any atom is 0.224 e. The number of hydrogen-bond acceptors (Lipinski definition) is 3. The molecule has 1 heterocycles. The molecule has 0 bridgehead atoms. The monoisotopic (exact) mass is 383 g/mol. The van der Waals surface area contributed by atoms with Gasteiger partial charge in [-0.2, -0.15) is 5.10 Å². The van der Waals surface area contributed by atoms with Gasteiger partial charge in [0.2, 0.25) is 5.91 Å². The number of halogens is 2. The van der Waals surface area contributed by atoms with Gasteiger partial charge >= 0.3 is 0 Å². The Kier molecular flexibility index (Phi) is 4.81. The summed E-state index contributed by atoms with van der Waals surface area (Å²) in [4.78, 5) is 12.0. The minimum absolute atomic E-state index is 0.129. The van der Waals surface area contributed by atoms with Crippen LogP contribution in [0.3, 0.4) is 0 Å². The fourth-order valence-corrected chi connectivity index (χ4v) is 3.03. The zero-order valence-electron chi connectivity index (χ0n) is 15.3. The number of amides is 1. The first-order chi connectivity index (χ1) is 13.5. The minimum Gasteiger partial charge on any atom is -0.494 e. The van der Waals surface area contributed by atoms with Gasteiger partial charge in [-0.1, -0.05) is 12.1 Å². The molecule has 1 aliphatic carbocycles. The number of carbonyl (C=O) groups excluding carboxylic acids is 1. The fraction of sp³-hybridized carbons (Fsp3) is 0.238. The lowest BCUT2D eigenvalue weighted by atomic mass is 10.1. The second-order valence-electron chi connectivity index (χ2n) is 6.91. The summed E-state index contributed by atoms with van der Waals surface area (Å²) in [5.41, 5.74) is 1.83. The lowest BCUT2D eigenvalue weighted by molar-refractivity contribution is -0.116. The fourth-order valence-electron chi connectivity index (χ4n) is 3.03. The summed E-state index contributed by atoms with van der Waals surface area (Å²) in [6, 6.07) is 7.48. The van der Waals surface area contributed by atoms with E-state index in [9.17, 15) is 13.6 Å². The van der Waals surface area contributed by atoms with Crippen LogP contribution in [0.5, 0.6) is 5.75 Å². The number of aromatic nitrogens is 2. The highest BCUT2D eigenvalue weighted by Gasteiger charge is 2.24. The maximum atomic E-state index is 14.3. The predicted octanol–water partition coefficient (Wildman–Crippen LogP) is 4.76. The molecule has 144 valence electrons. The van der Waals surface area contributed by atoms with Crippen molar-refractivity contribution in [1.82, 2.24) is 10.2 Å². The number of H-pyrrole nitrogens is 1. The van der Waals surface area contributed by atoms with Crippen LogP contribution in [0.1, 0.15) is 30.5 Å². The van der Waals surface area contributed by atoms with Crippen LogP contribution in [0, 0.1) is 17.6 Å². The van der Waals surface area contributed by atoms with Gasteiger partial charge in [-0.05, 0) is 48.6 Å². The second kappa shape index (κ2) is 7.42. The van der Waals surface area contributed by atoms with Crippen LogP contribution in [0.2, 0.25) is 0 Å². The van der Waals surface area contributed by atoms with E-state index < -0.39 is 11.6 Å². The number of nitrogens with zero attached hydrogens (tertiary/aromatic N) is 1. The minimum atomic E-state index is -0.520. The number of aromatic amines is 1. The van der Waals surface area contributed by atoms with E-state index in [0.717, 1.165) is 12.8 Å². The van der Waals surface area contributed by atoms with E-state index in [4.69, 9.17) is 4.74 Å². The molecule has 0 spiro atoms. The highest BCUT2D eigenvalue weighted by atomic mass is 19.1. The van der Waals surface area contributed by atoms with Crippen LogP contribution in [0.25, 0.3) is 23.1 Å². The predicted molar refractivity (Wildman–Crippen MR) is 104 cm³/mol. The molecule has 1 aromatic heterocycles. The van der Waals surface area contributed by atoms with Crippen LogP contribution < -0.4 is 10.1 Å². The molecule has 2 N–H and O–H groups in total. The Balaban J connectivity index is 1.59. The Hall–Kier alpha value is -3.22. The van der Waals surface area contributed by atoms with Crippen molar-refractivity contribution in [3.8, 4) is 5.75 Å². The zero-order chi connectivity index (χ0) is 19.7. The molecule has 0 radical (unpaired) electrons.